The van der Waals surface area contributed by atoms with Crippen LogP contribution in [-0.4, -0.2) is 34.6 Å². The largest absolute Gasteiger partial charge is 0.352 e. The van der Waals surface area contributed by atoms with Crippen LogP contribution in [0.1, 0.15) is 49.3 Å². The van der Waals surface area contributed by atoms with Gasteiger partial charge in [-0.05, 0) is 55.5 Å². The van der Waals surface area contributed by atoms with Gasteiger partial charge >= 0.3 is 0 Å². The third kappa shape index (κ3) is 6.66. The van der Waals surface area contributed by atoms with Gasteiger partial charge in [-0.3, -0.25) is 9.59 Å². The first-order valence-electron chi connectivity index (χ1n) is 11.0. The zero-order chi connectivity index (χ0) is 23.1. The highest BCUT2D eigenvalue weighted by Crippen LogP contribution is 2.28. The Hall–Kier alpha value is -1.69. The summed E-state index contributed by atoms with van der Waals surface area (Å²) < 4.78 is 0. The van der Waals surface area contributed by atoms with Gasteiger partial charge < -0.3 is 10.2 Å². The van der Waals surface area contributed by atoms with Crippen molar-refractivity contribution in [1.29, 1.82) is 0 Å². The van der Waals surface area contributed by atoms with Gasteiger partial charge in [-0.25, -0.2) is 0 Å². The standard InChI is InChI=1S/C25H30Cl2N2O2S/c1-17-8-3-4-9-19(17)14-29(18(2)25(31)28-20-10-5-6-11-20)24(30)16-32-15-21-22(26)12-7-13-23(21)27/h3-4,7-9,12-13,18,20H,5-6,10-11,14-16H2,1-2H3,(H,28,31)/t18-/m0/s1. The summed E-state index contributed by atoms with van der Waals surface area (Å²) in [6, 6.07) is 13.0. The molecule has 0 saturated heterocycles. The molecule has 1 saturated carbocycles. The van der Waals surface area contributed by atoms with Gasteiger partial charge in [0.25, 0.3) is 0 Å². The second kappa shape index (κ2) is 12.0. The van der Waals surface area contributed by atoms with Crippen LogP contribution < -0.4 is 5.32 Å². The zero-order valence-electron chi connectivity index (χ0n) is 18.6. The van der Waals surface area contributed by atoms with E-state index in [-0.39, 0.29) is 23.6 Å². The minimum Gasteiger partial charge on any atom is -0.352 e. The number of carbonyl (C=O) groups is 2. The quantitative estimate of drug-likeness (QED) is 0.466. The maximum absolute atomic E-state index is 13.3. The Kier molecular flexibility index (Phi) is 9.33. The lowest BCUT2D eigenvalue weighted by Crippen LogP contribution is -2.50. The van der Waals surface area contributed by atoms with Crippen molar-refractivity contribution < 1.29 is 9.59 Å². The van der Waals surface area contributed by atoms with Crippen LogP contribution in [0.3, 0.4) is 0 Å². The van der Waals surface area contributed by atoms with Gasteiger partial charge in [-0.2, -0.15) is 0 Å². The topological polar surface area (TPSA) is 49.4 Å². The van der Waals surface area contributed by atoms with E-state index >= 15 is 0 Å². The SMILES string of the molecule is Cc1ccccc1CN(C(=O)CSCc1c(Cl)cccc1Cl)[C@@H](C)C(=O)NC1CCCC1. The Bertz CT molecular complexity index is 927. The molecule has 2 amide bonds. The lowest BCUT2D eigenvalue weighted by Gasteiger charge is -2.30. The predicted octanol–water partition coefficient (Wildman–Crippen LogP) is 6.01. The number of rotatable bonds is 9. The van der Waals surface area contributed by atoms with E-state index in [1.807, 2.05) is 38.1 Å². The van der Waals surface area contributed by atoms with Crippen molar-refractivity contribution in [2.24, 2.45) is 0 Å². The van der Waals surface area contributed by atoms with Crippen LogP contribution in [-0.2, 0) is 21.9 Å². The molecule has 3 rings (SSSR count). The molecule has 0 bridgehead atoms. The minimum absolute atomic E-state index is 0.0736. The number of nitrogens with one attached hydrogen (secondary N) is 1. The summed E-state index contributed by atoms with van der Waals surface area (Å²) in [6.45, 7) is 4.24. The van der Waals surface area contributed by atoms with Gasteiger partial charge in [0.15, 0.2) is 0 Å². The molecule has 0 heterocycles. The number of hydrogen-bond acceptors (Lipinski definition) is 3. The summed E-state index contributed by atoms with van der Waals surface area (Å²) >= 11 is 14.0. The fourth-order valence-corrected chi connectivity index (χ4v) is 5.59. The van der Waals surface area contributed by atoms with Crippen molar-refractivity contribution in [2.75, 3.05) is 5.75 Å². The molecule has 2 aromatic carbocycles. The van der Waals surface area contributed by atoms with Gasteiger partial charge in [-0.15, -0.1) is 11.8 Å². The fourth-order valence-electron chi connectivity index (χ4n) is 3.94. The first kappa shape index (κ1) is 24.9. The first-order valence-corrected chi connectivity index (χ1v) is 12.9. The van der Waals surface area contributed by atoms with Crippen molar-refractivity contribution >= 4 is 46.8 Å². The molecule has 1 fully saturated rings. The smallest absolute Gasteiger partial charge is 0.242 e. The van der Waals surface area contributed by atoms with Gasteiger partial charge in [0.2, 0.25) is 11.8 Å². The third-order valence-corrected chi connectivity index (χ3v) is 7.66. The summed E-state index contributed by atoms with van der Waals surface area (Å²) in [5, 5.41) is 4.33. The molecular formula is C25H30Cl2N2O2S. The van der Waals surface area contributed by atoms with Gasteiger partial charge in [0.05, 0.1) is 5.75 Å². The highest BCUT2D eigenvalue weighted by molar-refractivity contribution is 7.99. The molecule has 1 N–H and O–H groups in total. The van der Waals surface area contributed by atoms with Crippen molar-refractivity contribution in [1.82, 2.24) is 10.2 Å². The van der Waals surface area contributed by atoms with Crippen molar-refractivity contribution in [3.63, 3.8) is 0 Å². The number of amides is 2. The van der Waals surface area contributed by atoms with Gasteiger partial charge in [-0.1, -0.05) is 66.4 Å². The highest BCUT2D eigenvalue weighted by atomic mass is 35.5. The summed E-state index contributed by atoms with van der Waals surface area (Å²) in [6.07, 6.45) is 4.32. The lowest BCUT2D eigenvalue weighted by atomic mass is 10.1. The first-order chi connectivity index (χ1) is 15.4. The molecule has 7 heteroatoms. The molecule has 4 nitrogen and oxygen atoms in total. The number of aryl methyl sites for hydroxylation is 1. The van der Waals surface area contributed by atoms with E-state index in [4.69, 9.17) is 23.2 Å². The van der Waals surface area contributed by atoms with E-state index < -0.39 is 6.04 Å². The monoisotopic (exact) mass is 492 g/mol. The van der Waals surface area contributed by atoms with E-state index in [0.717, 1.165) is 42.4 Å². The molecular weight excluding hydrogens is 463 g/mol. The van der Waals surface area contributed by atoms with Crippen LogP contribution in [0.5, 0.6) is 0 Å². The molecule has 32 heavy (non-hydrogen) atoms. The van der Waals surface area contributed by atoms with E-state index in [0.29, 0.717) is 22.3 Å². The van der Waals surface area contributed by atoms with Crippen molar-refractivity contribution in [3.8, 4) is 0 Å². The minimum atomic E-state index is -0.549. The average Bonchev–Trinajstić information content (AvgIpc) is 3.27. The molecule has 0 aliphatic heterocycles. The number of nitrogens with zero attached hydrogens (tertiary/aromatic N) is 1. The summed E-state index contributed by atoms with van der Waals surface area (Å²) in [5.74, 6) is 0.619. The van der Waals surface area contributed by atoms with Crippen LogP contribution in [0.25, 0.3) is 0 Å². The van der Waals surface area contributed by atoms with Gasteiger partial charge in [0, 0.05) is 28.4 Å². The number of halogens is 2. The molecule has 0 radical (unpaired) electrons. The second-order valence-corrected chi connectivity index (χ2v) is 10.1. The number of thioether (sulfide) groups is 1. The number of hydrogen-bond donors (Lipinski definition) is 1. The van der Waals surface area contributed by atoms with Gasteiger partial charge in [0.1, 0.15) is 6.04 Å². The average molecular weight is 494 g/mol. The Labute approximate surface area is 205 Å². The predicted molar refractivity (Wildman–Crippen MR) is 134 cm³/mol. The number of carbonyl (C=O) groups excluding carboxylic acids is 2. The fraction of sp³-hybridized carbons (Fsp3) is 0.440. The summed E-state index contributed by atoms with van der Waals surface area (Å²) in [7, 11) is 0. The number of benzene rings is 2. The molecule has 1 aliphatic carbocycles. The highest BCUT2D eigenvalue weighted by Gasteiger charge is 2.28. The van der Waals surface area contributed by atoms with Crippen LogP contribution in [0.4, 0.5) is 0 Å². The molecule has 172 valence electrons. The maximum Gasteiger partial charge on any atom is 0.242 e. The van der Waals surface area contributed by atoms with Crippen LogP contribution >= 0.6 is 35.0 Å². The lowest BCUT2D eigenvalue weighted by molar-refractivity contribution is -0.139. The van der Waals surface area contributed by atoms with E-state index in [1.165, 1.54) is 11.8 Å². The summed E-state index contributed by atoms with van der Waals surface area (Å²) in [4.78, 5) is 27.9. The van der Waals surface area contributed by atoms with E-state index in [9.17, 15) is 9.59 Å². The van der Waals surface area contributed by atoms with Crippen LogP contribution in [0.15, 0.2) is 42.5 Å². The Balaban J connectivity index is 1.69. The molecule has 0 unspecified atom stereocenters. The second-order valence-electron chi connectivity index (χ2n) is 8.31. The molecule has 2 aromatic rings. The van der Waals surface area contributed by atoms with Crippen LogP contribution in [0.2, 0.25) is 10.0 Å². The normalized spacial score (nSPS) is 14.9. The van der Waals surface area contributed by atoms with Crippen LogP contribution in [0, 0.1) is 6.92 Å². The third-order valence-electron chi connectivity index (χ3n) is 6.00. The summed E-state index contributed by atoms with van der Waals surface area (Å²) in [5.41, 5.74) is 2.97. The van der Waals surface area contributed by atoms with E-state index in [2.05, 4.69) is 5.32 Å². The Morgan fingerprint density at radius 3 is 2.41 bits per heavy atom. The maximum atomic E-state index is 13.3. The van der Waals surface area contributed by atoms with E-state index in [1.54, 1.807) is 23.1 Å². The molecule has 1 atom stereocenters. The Morgan fingerprint density at radius 1 is 1.09 bits per heavy atom. The Morgan fingerprint density at radius 2 is 1.75 bits per heavy atom. The molecule has 0 aromatic heterocycles. The molecule has 1 aliphatic rings. The van der Waals surface area contributed by atoms with Crippen molar-refractivity contribution in [3.05, 3.63) is 69.2 Å². The zero-order valence-corrected chi connectivity index (χ0v) is 20.9. The van der Waals surface area contributed by atoms with Crippen molar-refractivity contribution in [2.45, 2.75) is 63.9 Å². The molecule has 0 spiro atoms.